The molecular formula is C24H32N4O3. The summed E-state index contributed by atoms with van der Waals surface area (Å²) < 4.78 is 5.47. The third-order valence-electron chi connectivity index (χ3n) is 6.25. The van der Waals surface area contributed by atoms with E-state index in [2.05, 4.69) is 19.0 Å². The number of nitrogens with zero attached hydrogens (tertiary/aromatic N) is 4. The molecule has 2 aromatic rings. The van der Waals surface area contributed by atoms with Gasteiger partial charge in [0.15, 0.2) is 0 Å². The van der Waals surface area contributed by atoms with Crippen LogP contribution in [0.1, 0.15) is 57.9 Å². The molecule has 1 aromatic carbocycles. The Morgan fingerprint density at radius 2 is 1.97 bits per heavy atom. The normalized spacial score (nSPS) is 24.0. The second-order valence-corrected chi connectivity index (χ2v) is 9.72. The lowest BCUT2D eigenvalue weighted by molar-refractivity contribution is -0.134. The molecule has 0 radical (unpaired) electrons. The molecule has 2 aliphatic heterocycles. The van der Waals surface area contributed by atoms with Crippen LogP contribution >= 0.6 is 0 Å². The van der Waals surface area contributed by atoms with Crippen molar-refractivity contribution in [2.75, 3.05) is 11.6 Å². The number of anilines is 1. The summed E-state index contributed by atoms with van der Waals surface area (Å²) in [5, 5.41) is 21.5. The Morgan fingerprint density at radius 3 is 2.58 bits per heavy atom. The largest absolute Gasteiger partial charge is 0.391 e. The van der Waals surface area contributed by atoms with Crippen molar-refractivity contribution in [1.82, 2.24) is 10.1 Å². The number of carbonyl (C=O) groups excluding carboxylic acids is 1. The van der Waals surface area contributed by atoms with Gasteiger partial charge in [-0.1, -0.05) is 37.2 Å². The highest BCUT2D eigenvalue weighted by Crippen LogP contribution is 2.37. The topological polar surface area (TPSA) is 82.2 Å². The molecule has 0 spiro atoms. The number of amides is 1. The molecule has 1 aromatic heterocycles. The van der Waals surface area contributed by atoms with E-state index >= 15 is 0 Å². The predicted molar refractivity (Wildman–Crippen MR) is 120 cm³/mol. The van der Waals surface area contributed by atoms with Gasteiger partial charge < -0.3 is 14.5 Å². The third-order valence-corrected chi connectivity index (χ3v) is 6.25. The Hall–Kier alpha value is -2.67. The highest BCUT2D eigenvalue weighted by Gasteiger charge is 2.46. The van der Waals surface area contributed by atoms with Crippen LogP contribution in [0.2, 0.25) is 0 Å². The van der Waals surface area contributed by atoms with Crippen molar-refractivity contribution in [3.63, 3.8) is 0 Å². The fourth-order valence-corrected chi connectivity index (χ4v) is 4.80. The number of hydrogen-bond donors (Lipinski definition) is 1. The van der Waals surface area contributed by atoms with E-state index in [0.717, 1.165) is 23.5 Å². The molecule has 4 rings (SSSR count). The molecular weight excluding hydrogens is 392 g/mol. The van der Waals surface area contributed by atoms with Gasteiger partial charge >= 0.3 is 0 Å². The van der Waals surface area contributed by atoms with Crippen molar-refractivity contribution in [3.8, 4) is 0 Å². The number of aliphatic hydroxyl groups is 1. The van der Waals surface area contributed by atoms with Crippen LogP contribution in [0.25, 0.3) is 0 Å². The summed E-state index contributed by atoms with van der Waals surface area (Å²) in [5.41, 5.74) is 2.51. The number of para-hydroxylation sites is 1. The molecule has 2 aliphatic rings. The van der Waals surface area contributed by atoms with Gasteiger partial charge in [-0.2, -0.15) is 5.10 Å². The molecule has 7 heteroatoms. The Labute approximate surface area is 183 Å². The summed E-state index contributed by atoms with van der Waals surface area (Å²) in [7, 11) is 0. The minimum atomic E-state index is -0.560. The first kappa shape index (κ1) is 21.6. The van der Waals surface area contributed by atoms with Crippen molar-refractivity contribution in [2.24, 2.45) is 11.0 Å². The van der Waals surface area contributed by atoms with Crippen LogP contribution in [0, 0.1) is 12.8 Å². The molecule has 3 heterocycles. The van der Waals surface area contributed by atoms with Gasteiger partial charge in [-0.15, -0.1) is 0 Å². The van der Waals surface area contributed by atoms with E-state index in [1.807, 2.05) is 62.2 Å². The average molecular weight is 425 g/mol. The molecule has 1 N–H and O–H groups in total. The van der Waals surface area contributed by atoms with E-state index in [9.17, 15) is 9.90 Å². The Kier molecular flexibility index (Phi) is 5.64. The summed E-state index contributed by atoms with van der Waals surface area (Å²) in [5.74, 6) is 0.152. The maximum atomic E-state index is 13.7. The number of aliphatic hydroxyl groups excluding tert-OH is 1. The highest BCUT2D eigenvalue weighted by atomic mass is 16.5. The van der Waals surface area contributed by atoms with Crippen LogP contribution < -0.4 is 5.01 Å². The number of aryl methyl sites for hydroxylation is 1. The third kappa shape index (κ3) is 4.11. The van der Waals surface area contributed by atoms with E-state index in [0.29, 0.717) is 18.7 Å². The lowest BCUT2D eigenvalue weighted by Crippen LogP contribution is -2.44. The highest BCUT2D eigenvalue weighted by molar-refractivity contribution is 5.98. The Bertz CT molecular complexity index is 966. The summed E-state index contributed by atoms with van der Waals surface area (Å²) in [6.07, 6.45) is 0.676. The van der Waals surface area contributed by atoms with Crippen LogP contribution in [0.15, 0.2) is 46.0 Å². The van der Waals surface area contributed by atoms with E-state index < -0.39 is 12.0 Å². The first-order chi connectivity index (χ1) is 14.7. The van der Waals surface area contributed by atoms with Gasteiger partial charge in [0.25, 0.3) is 0 Å². The second kappa shape index (κ2) is 8.11. The zero-order chi connectivity index (χ0) is 22.3. The number of carbonyl (C=O) groups is 1. The minimum Gasteiger partial charge on any atom is -0.391 e. The first-order valence-corrected chi connectivity index (χ1v) is 11.0. The lowest BCUT2D eigenvalue weighted by Gasteiger charge is -2.31. The molecule has 0 aliphatic carbocycles. The average Bonchev–Trinajstić information content (AvgIpc) is 3.39. The standard InChI is InChI=1S/C24H32N4O3/c1-15(2)22(21-11-16(3)26-31-21)23(30)27-14-18(29)12-20(27)19-13-24(4,5)28(25-19)17-9-7-6-8-10-17/h6-11,15,18,20,22,29H,12-14H2,1-5H3. The van der Waals surface area contributed by atoms with Crippen LogP contribution in [0.3, 0.4) is 0 Å². The van der Waals surface area contributed by atoms with Crippen molar-refractivity contribution in [1.29, 1.82) is 0 Å². The number of hydrogen-bond acceptors (Lipinski definition) is 6. The SMILES string of the molecule is Cc1cc(C(C(=O)N2CC(O)CC2C2=NN(c3ccccc3)C(C)(C)C2)C(C)C)on1. The summed E-state index contributed by atoms with van der Waals surface area (Å²) >= 11 is 0. The molecule has 3 unspecified atom stereocenters. The van der Waals surface area contributed by atoms with Crippen molar-refractivity contribution < 1.29 is 14.4 Å². The van der Waals surface area contributed by atoms with Crippen molar-refractivity contribution >= 4 is 17.3 Å². The lowest BCUT2D eigenvalue weighted by atomic mass is 9.90. The van der Waals surface area contributed by atoms with Gasteiger partial charge in [0, 0.05) is 25.5 Å². The quantitative estimate of drug-likeness (QED) is 0.791. The minimum absolute atomic E-state index is 0.0358. The molecule has 1 amide bonds. The number of aromatic nitrogens is 1. The van der Waals surface area contributed by atoms with E-state index in [1.165, 1.54) is 0 Å². The number of rotatable bonds is 5. The number of benzene rings is 1. The van der Waals surface area contributed by atoms with Crippen molar-refractivity contribution in [3.05, 3.63) is 47.9 Å². The summed E-state index contributed by atoms with van der Waals surface area (Å²) in [4.78, 5) is 15.5. The number of hydrazone groups is 1. The summed E-state index contributed by atoms with van der Waals surface area (Å²) in [6.45, 7) is 10.5. The van der Waals surface area contributed by atoms with Gasteiger partial charge in [-0.25, -0.2) is 0 Å². The van der Waals surface area contributed by atoms with Gasteiger partial charge in [-0.05, 0) is 38.8 Å². The Balaban J connectivity index is 1.64. The van der Waals surface area contributed by atoms with Crippen LogP contribution in [0.4, 0.5) is 5.69 Å². The fourth-order valence-electron chi connectivity index (χ4n) is 4.80. The molecule has 166 valence electrons. The van der Waals surface area contributed by atoms with Crippen LogP contribution in [-0.2, 0) is 4.79 Å². The number of β-amino-alcohol motifs (C(OH)–C–C–N with tert-alkyl or cyclic N) is 1. The smallest absolute Gasteiger partial charge is 0.234 e. The fraction of sp³-hybridized carbons (Fsp3) is 0.542. The van der Waals surface area contributed by atoms with Crippen LogP contribution in [0.5, 0.6) is 0 Å². The second-order valence-electron chi connectivity index (χ2n) is 9.72. The van der Waals surface area contributed by atoms with Crippen LogP contribution in [-0.4, -0.2) is 51.0 Å². The zero-order valence-electron chi connectivity index (χ0n) is 18.9. The van der Waals surface area contributed by atoms with Gasteiger partial charge in [-0.3, -0.25) is 9.80 Å². The van der Waals surface area contributed by atoms with E-state index in [-0.39, 0.29) is 23.4 Å². The molecule has 31 heavy (non-hydrogen) atoms. The zero-order valence-corrected chi connectivity index (χ0v) is 18.9. The molecule has 7 nitrogen and oxygen atoms in total. The monoisotopic (exact) mass is 424 g/mol. The van der Waals surface area contributed by atoms with Gasteiger partial charge in [0.1, 0.15) is 11.7 Å². The van der Waals surface area contributed by atoms with Gasteiger partial charge in [0.05, 0.1) is 34.8 Å². The molecule has 3 atom stereocenters. The summed E-state index contributed by atoms with van der Waals surface area (Å²) in [6, 6.07) is 11.7. The molecule has 0 saturated carbocycles. The maximum Gasteiger partial charge on any atom is 0.234 e. The Morgan fingerprint density at radius 1 is 1.26 bits per heavy atom. The first-order valence-electron chi connectivity index (χ1n) is 11.0. The van der Waals surface area contributed by atoms with Gasteiger partial charge in [0.2, 0.25) is 5.91 Å². The van der Waals surface area contributed by atoms with Crippen molar-refractivity contribution in [2.45, 2.75) is 71.1 Å². The number of likely N-dealkylation sites (tertiary alicyclic amines) is 1. The maximum absolute atomic E-state index is 13.7. The molecule has 0 bridgehead atoms. The van der Waals surface area contributed by atoms with E-state index in [1.54, 1.807) is 4.90 Å². The van der Waals surface area contributed by atoms with E-state index in [4.69, 9.17) is 9.62 Å². The molecule has 1 fully saturated rings. The molecule has 1 saturated heterocycles. The predicted octanol–water partition coefficient (Wildman–Crippen LogP) is 3.73.